The first-order valence-corrected chi connectivity index (χ1v) is 17.2. The van der Waals surface area contributed by atoms with Crippen LogP contribution in [0.15, 0.2) is 114 Å². The molecule has 0 saturated carbocycles. The van der Waals surface area contributed by atoms with Crippen LogP contribution in [0.1, 0.15) is 17.3 Å². The molecule has 12 heteroatoms. The Morgan fingerprint density at radius 2 is 1.24 bits per heavy atom. The predicted octanol–water partition coefficient (Wildman–Crippen LogP) is 8.41. The summed E-state index contributed by atoms with van der Waals surface area (Å²) in [5.74, 6) is -0.139. The summed E-state index contributed by atoms with van der Waals surface area (Å²) < 4.78 is 25.8. The number of anilines is 4. The van der Waals surface area contributed by atoms with Crippen molar-refractivity contribution in [1.29, 1.82) is 0 Å². The van der Waals surface area contributed by atoms with Crippen LogP contribution in [-0.4, -0.2) is 32.5 Å². The SMILES string of the molecule is CC(=O)c1ccc(N(C(=O)Nc2cc3ccccc3s2)N(C(=O)Nc2ccc(S(C)(=O)=O)cc2)c2cc3ccccc3s2)cc1. The number of hydrogen-bond acceptors (Lipinski definition) is 7. The van der Waals surface area contributed by atoms with Gasteiger partial charge in [-0.3, -0.25) is 10.1 Å². The number of carbonyl (C=O) groups excluding carboxylic acids is 3. The van der Waals surface area contributed by atoms with Gasteiger partial charge in [-0.1, -0.05) is 36.4 Å². The fourth-order valence-corrected chi connectivity index (χ4v) is 7.32. The summed E-state index contributed by atoms with van der Waals surface area (Å²) in [6.45, 7) is 1.45. The minimum absolute atomic E-state index is 0.108. The van der Waals surface area contributed by atoms with Crippen molar-refractivity contribution in [2.24, 2.45) is 0 Å². The van der Waals surface area contributed by atoms with Gasteiger partial charge in [0.2, 0.25) is 0 Å². The Hall–Kier alpha value is -5.04. The Kier molecular flexibility index (Phi) is 8.11. The van der Waals surface area contributed by atoms with E-state index in [0.717, 1.165) is 26.4 Å². The minimum atomic E-state index is -3.44. The predicted molar refractivity (Wildman–Crippen MR) is 183 cm³/mol. The standard InChI is InChI=1S/C33H26N4O5S3/c1-21(38)22-11-15-26(16-12-22)36(33(40)35-30-19-23-7-3-5-9-28(23)43-30)37(31-20-24-8-4-6-10-29(24)44-31)32(39)34-25-13-17-27(18-14-25)45(2,41)42/h3-20H,1-2H3,(H,34,39)(H,35,40). The Morgan fingerprint density at radius 1 is 0.667 bits per heavy atom. The third kappa shape index (κ3) is 6.43. The molecule has 0 spiro atoms. The summed E-state index contributed by atoms with van der Waals surface area (Å²) in [6.07, 6.45) is 1.11. The van der Waals surface area contributed by atoms with Gasteiger partial charge >= 0.3 is 12.1 Å². The van der Waals surface area contributed by atoms with Crippen LogP contribution in [0.5, 0.6) is 0 Å². The van der Waals surface area contributed by atoms with Gasteiger partial charge in [-0.25, -0.2) is 18.0 Å². The van der Waals surface area contributed by atoms with E-state index in [-0.39, 0.29) is 10.7 Å². The lowest BCUT2D eigenvalue weighted by atomic mass is 10.1. The number of hydrazine groups is 1. The zero-order chi connectivity index (χ0) is 31.7. The molecule has 2 N–H and O–H groups in total. The summed E-state index contributed by atoms with van der Waals surface area (Å²) in [5.41, 5.74) is 1.11. The highest BCUT2D eigenvalue weighted by Crippen LogP contribution is 2.36. The molecule has 9 nitrogen and oxygen atoms in total. The van der Waals surface area contributed by atoms with Crippen molar-refractivity contribution < 1.29 is 22.8 Å². The van der Waals surface area contributed by atoms with E-state index in [0.29, 0.717) is 26.9 Å². The summed E-state index contributed by atoms with van der Waals surface area (Å²) in [5, 5.41) is 11.1. The fraction of sp³-hybridized carbons (Fsp3) is 0.0606. The van der Waals surface area contributed by atoms with Gasteiger partial charge in [0.05, 0.1) is 15.6 Å². The van der Waals surface area contributed by atoms with Crippen molar-refractivity contribution in [3.63, 3.8) is 0 Å². The van der Waals surface area contributed by atoms with Crippen LogP contribution in [0.3, 0.4) is 0 Å². The Balaban J connectivity index is 1.45. The molecule has 0 atom stereocenters. The average molecular weight is 655 g/mol. The Morgan fingerprint density at radius 3 is 1.82 bits per heavy atom. The largest absolute Gasteiger partial charge is 0.346 e. The van der Waals surface area contributed by atoms with Gasteiger partial charge in [0.25, 0.3) is 0 Å². The third-order valence-electron chi connectivity index (χ3n) is 6.91. The number of urea groups is 2. The number of hydrogen-bond donors (Lipinski definition) is 2. The van der Waals surface area contributed by atoms with E-state index in [4.69, 9.17) is 0 Å². The molecule has 0 aliphatic carbocycles. The van der Waals surface area contributed by atoms with Gasteiger partial charge in [0.15, 0.2) is 15.6 Å². The lowest BCUT2D eigenvalue weighted by molar-refractivity contribution is 0.101. The van der Waals surface area contributed by atoms with E-state index in [2.05, 4.69) is 10.6 Å². The Bertz CT molecular complexity index is 2110. The second kappa shape index (κ2) is 12.2. The molecule has 4 aromatic carbocycles. The van der Waals surface area contributed by atoms with E-state index in [1.807, 2.05) is 60.7 Å². The first-order chi connectivity index (χ1) is 21.6. The number of benzene rings is 4. The van der Waals surface area contributed by atoms with Crippen LogP contribution in [0, 0.1) is 0 Å². The summed E-state index contributed by atoms with van der Waals surface area (Å²) >= 11 is 2.72. The molecule has 2 aromatic heterocycles. The number of fused-ring (bicyclic) bond motifs is 2. The number of Topliss-reactive ketones (excluding diaryl/α,β-unsaturated/α-hetero) is 1. The first kappa shape index (κ1) is 30.0. The topological polar surface area (TPSA) is 116 Å². The molecule has 45 heavy (non-hydrogen) atoms. The molecule has 0 radical (unpaired) electrons. The molecule has 6 aromatic rings. The van der Waals surface area contributed by atoms with Gasteiger partial charge < -0.3 is 5.32 Å². The van der Waals surface area contributed by atoms with Crippen molar-refractivity contribution in [1.82, 2.24) is 0 Å². The molecular weight excluding hydrogens is 629 g/mol. The molecule has 0 unspecified atom stereocenters. The number of carbonyl (C=O) groups is 3. The molecule has 226 valence electrons. The third-order valence-corrected chi connectivity index (χ3v) is 10.2. The molecule has 0 bridgehead atoms. The van der Waals surface area contributed by atoms with E-state index in [1.165, 1.54) is 63.9 Å². The van der Waals surface area contributed by atoms with Gasteiger partial charge in [-0.2, -0.15) is 10.0 Å². The molecular formula is C33H26N4O5S3. The van der Waals surface area contributed by atoms with Crippen LogP contribution >= 0.6 is 22.7 Å². The smallest absolute Gasteiger partial charge is 0.306 e. The van der Waals surface area contributed by atoms with E-state index in [1.54, 1.807) is 24.3 Å². The maximum absolute atomic E-state index is 14.2. The quantitative estimate of drug-likeness (QED) is 0.138. The van der Waals surface area contributed by atoms with Crippen molar-refractivity contribution in [3.05, 3.63) is 115 Å². The maximum Gasteiger partial charge on any atom is 0.346 e. The highest BCUT2D eigenvalue weighted by Gasteiger charge is 2.32. The van der Waals surface area contributed by atoms with Crippen LogP contribution < -0.4 is 20.7 Å². The lowest BCUT2D eigenvalue weighted by Gasteiger charge is -2.33. The highest BCUT2D eigenvalue weighted by molar-refractivity contribution is 7.90. The normalized spacial score (nSPS) is 11.3. The molecule has 0 saturated heterocycles. The van der Waals surface area contributed by atoms with Gasteiger partial charge in [0.1, 0.15) is 5.00 Å². The van der Waals surface area contributed by atoms with E-state index >= 15 is 0 Å². The van der Waals surface area contributed by atoms with Crippen LogP contribution in [-0.2, 0) is 9.84 Å². The first-order valence-electron chi connectivity index (χ1n) is 13.7. The van der Waals surface area contributed by atoms with Crippen molar-refractivity contribution in [2.75, 3.05) is 26.9 Å². The van der Waals surface area contributed by atoms with Crippen LogP contribution in [0.25, 0.3) is 20.2 Å². The van der Waals surface area contributed by atoms with E-state index < -0.39 is 21.9 Å². The summed E-state index contributed by atoms with van der Waals surface area (Å²) in [4.78, 5) is 40.6. The second-order valence-electron chi connectivity index (χ2n) is 10.2. The molecule has 0 aliphatic rings. The molecule has 4 amide bonds. The lowest BCUT2D eigenvalue weighted by Crippen LogP contribution is -2.53. The number of rotatable bonds is 6. The average Bonchev–Trinajstić information content (AvgIpc) is 3.63. The van der Waals surface area contributed by atoms with Gasteiger partial charge in [-0.05, 0) is 90.5 Å². The maximum atomic E-state index is 14.2. The second-order valence-corrected chi connectivity index (χ2v) is 14.3. The van der Waals surface area contributed by atoms with E-state index in [9.17, 15) is 22.8 Å². The zero-order valence-electron chi connectivity index (χ0n) is 24.1. The number of nitrogens with zero attached hydrogens (tertiary/aromatic N) is 2. The minimum Gasteiger partial charge on any atom is -0.306 e. The highest BCUT2D eigenvalue weighted by atomic mass is 32.2. The molecule has 0 aliphatic heterocycles. The Labute approximate surface area is 267 Å². The number of nitrogens with one attached hydrogen (secondary N) is 2. The number of thiophene rings is 2. The summed E-state index contributed by atoms with van der Waals surface area (Å²) in [7, 11) is -3.44. The van der Waals surface area contributed by atoms with Gasteiger partial charge in [-0.15, -0.1) is 22.7 Å². The number of ketones is 1. The van der Waals surface area contributed by atoms with Crippen molar-refractivity contribution in [3.8, 4) is 0 Å². The monoisotopic (exact) mass is 654 g/mol. The molecule has 6 rings (SSSR count). The van der Waals surface area contributed by atoms with Crippen LogP contribution in [0.4, 0.5) is 31.0 Å². The molecule has 0 fully saturated rings. The van der Waals surface area contributed by atoms with Crippen molar-refractivity contribution >= 4 is 91.9 Å². The molecule has 2 heterocycles. The van der Waals surface area contributed by atoms with Crippen molar-refractivity contribution in [2.45, 2.75) is 11.8 Å². The van der Waals surface area contributed by atoms with Crippen LogP contribution in [0.2, 0.25) is 0 Å². The number of amides is 4. The summed E-state index contributed by atoms with van der Waals surface area (Å²) in [6, 6.07) is 30.0. The zero-order valence-corrected chi connectivity index (χ0v) is 26.5. The number of sulfone groups is 1. The van der Waals surface area contributed by atoms with Gasteiger partial charge in [0, 0.05) is 26.9 Å². The fourth-order valence-electron chi connectivity index (χ4n) is 4.69.